The Hall–Kier alpha value is -4.84. The summed E-state index contributed by atoms with van der Waals surface area (Å²) in [6.07, 6.45) is -6.38. The summed E-state index contributed by atoms with van der Waals surface area (Å²) >= 11 is 0. The van der Waals surface area contributed by atoms with Gasteiger partial charge in [0.25, 0.3) is 11.8 Å². The van der Waals surface area contributed by atoms with Crippen LogP contribution in [0, 0.1) is 11.6 Å². The predicted molar refractivity (Wildman–Crippen MR) is 168 cm³/mol. The number of ether oxygens (including phenoxy) is 2. The van der Waals surface area contributed by atoms with Crippen LogP contribution in [0.3, 0.4) is 0 Å². The first-order valence-corrected chi connectivity index (χ1v) is 16.0. The maximum Gasteiger partial charge on any atom is 0.433 e. The number of nitrogens with zero attached hydrogens (tertiary/aromatic N) is 4. The van der Waals surface area contributed by atoms with E-state index in [1.165, 1.54) is 24.2 Å². The molecule has 2 aromatic carbocycles. The molecule has 2 aliphatic rings. The molecule has 10 nitrogen and oxygen atoms in total. The lowest BCUT2D eigenvalue weighted by Crippen LogP contribution is -2.65. The molecule has 1 aliphatic heterocycles. The van der Waals surface area contributed by atoms with E-state index < -0.39 is 87.4 Å². The lowest BCUT2D eigenvalue weighted by atomic mass is 9.72. The number of aliphatic hydroxyl groups excluding tert-OH is 1. The highest BCUT2D eigenvalue weighted by molar-refractivity contribution is 6.24. The molecular weight excluding hydrogens is 710 g/mol. The number of aliphatic hydroxyl groups is 1. The van der Waals surface area contributed by atoms with Crippen molar-refractivity contribution in [2.24, 2.45) is 0 Å². The highest BCUT2D eigenvalue weighted by Crippen LogP contribution is 2.47. The van der Waals surface area contributed by atoms with E-state index in [9.17, 15) is 41.0 Å². The zero-order valence-electron chi connectivity index (χ0n) is 27.8. The van der Waals surface area contributed by atoms with Crippen molar-refractivity contribution >= 4 is 17.5 Å². The molecule has 0 saturated heterocycles. The van der Waals surface area contributed by atoms with E-state index in [0.29, 0.717) is 44.0 Å². The Morgan fingerprint density at radius 3 is 2.31 bits per heavy atom. The first-order chi connectivity index (χ1) is 24.5. The van der Waals surface area contributed by atoms with Crippen LogP contribution in [0.5, 0.6) is 5.75 Å². The fourth-order valence-corrected chi connectivity index (χ4v) is 6.00. The number of hydrogen-bond acceptors (Lipinski definition) is 8. The number of amides is 2. The van der Waals surface area contributed by atoms with Gasteiger partial charge in [0.05, 0.1) is 35.6 Å². The molecular formula is C34H33F8N5O5. The molecule has 5 rings (SSSR count). The van der Waals surface area contributed by atoms with Gasteiger partial charge in [0.2, 0.25) is 5.82 Å². The quantitative estimate of drug-likeness (QED) is 0.114. The van der Waals surface area contributed by atoms with Gasteiger partial charge < -0.3 is 19.9 Å². The fourth-order valence-electron chi connectivity index (χ4n) is 6.00. The highest BCUT2D eigenvalue weighted by Gasteiger charge is 2.55. The minimum absolute atomic E-state index is 0.110. The lowest BCUT2D eigenvalue weighted by Gasteiger charge is -2.54. The van der Waals surface area contributed by atoms with E-state index in [1.807, 2.05) is 0 Å². The third kappa shape index (κ3) is 7.67. The number of alkyl halides is 6. The summed E-state index contributed by atoms with van der Waals surface area (Å²) in [6, 6.07) is 4.58. The van der Waals surface area contributed by atoms with Gasteiger partial charge in [-0.25, -0.2) is 19.4 Å². The second kappa shape index (κ2) is 15.0. The van der Waals surface area contributed by atoms with Crippen molar-refractivity contribution in [1.82, 2.24) is 20.0 Å². The molecule has 2 heterocycles. The molecule has 18 heteroatoms. The maximum absolute atomic E-state index is 15.4. The van der Waals surface area contributed by atoms with Crippen molar-refractivity contribution < 1.29 is 59.3 Å². The van der Waals surface area contributed by atoms with Crippen LogP contribution in [-0.2, 0) is 33.2 Å². The average molecular weight is 744 g/mol. The fraction of sp³-hybridized carbons (Fsp3) is 0.412. The number of nitrogens with one attached hydrogen (secondary N) is 1. The lowest BCUT2D eigenvalue weighted by molar-refractivity contribution is -0.172. The first kappa shape index (κ1) is 38.4. The van der Waals surface area contributed by atoms with Crippen LogP contribution in [0.25, 0.3) is 11.3 Å². The van der Waals surface area contributed by atoms with Crippen LogP contribution in [0.1, 0.15) is 55.3 Å². The number of aromatic nitrogens is 2. The van der Waals surface area contributed by atoms with Crippen molar-refractivity contribution in [3.63, 3.8) is 0 Å². The second-order valence-electron chi connectivity index (χ2n) is 12.2. The highest BCUT2D eigenvalue weighted by atomic mass is 19.4. The minimum atomic E-state index is -4.99. The molecule has 1 aliphatic carbocycles. The summed E-state index contributed by atoms with van der Waals surface area (Å²) in [7, 11) is 2.98. The van der Waals surface area contributed by atoms with E-state index in [4.69, 9.17) is 9.47 Å². The van der Waals surface area contributed by atoms with Crippen LogP contribution < -0.4 is 10.1 Å². The topological polar surface area (TPSA) is 117 Å². The Morgan fingerprint density at radius 1 is 0.962 bits per heavy atom. The summed E-state index contributed by atoms with van der Waals surface area (Å²) in [4.78, 5) is 34.4. The largest absolute Gasteiger partial charge is 0.509 e. The van der Waals surface area contributed by atoms with Gasteiger partial charge in [-0.05, 0) is 68.9 Å². The van der Waals surface area contributed by atoms with Crippen LogP contribution >= 0.6 is 0 Å². The number of carbonyl (C=O) groups is 2. The van der Waals surface area contributed by atoms with Gasteiger partial charge in [0.1, 0.15) is 23.4 Å². The number of unbranched alkanes of at least 4 members (excludes halogenated alkanes) is 2. The molecule has 0 radical (unpaired) electrons. The third-order valence-corrected chi connectivity index (χ3v) is 9.04. The molecule has 0 bridgehead atoms. The molecule has 3 aromatic rings. The number of hydrogen-bond donors (Lipinski definition) is 2. The van der Waals surface area contributed by atoms with Gasteiger partial charge in [-0.1, -0.05) is 6.07 Å². The monoisotopic (exact) mass is 743 g/mol. The molecule has 280 valence electrons. The standard InChI is InChI=1S/C34H33F8N5O5/c1-46-32(11-6-12-32)29(48)26(31(50)47(46)17-19-7-10-24(28(36)27(19)35)52-14-5-3-4-13-51-2)30(49)45-22-9-8-20(33(37,38)39)15-21(22)23-16-25(34(40,41)42)44-18-43-23/h7-10,15-16,18,48H,3-6,11-14,17H2,1-2H3,(H,45,49). The number of benzene rings is 2. The van der Waals surface area contributed by atoms with Crippen molar-refractivity contribution in [1.29, 1.82) is 0 Å². The van der Waals surface area contributed by atoms with Gasteiger partial charge in [0, 0.05) is 31.9 Å². The first-order valence-electron chi connectivity index (χ1n) is 16.0. The normalized spacial score (nSPS) is 16.3. The zero-order valence-corrected chi connectivity index (χ0v) is 27.8. The van der Waals surface area contributed by atoms with Crippen molar-refractivity contribution in [3.8, 4) is 17.0 Å². The van der Waals surface area contributed by atoms with Gasteiger partial charge in [-0.15, -0.1) is 0 Å². The predicted octanol–water partition coefficient (Wildman–Crippen LogP) is 7.22. The van der Waals surface area contributed by atoms with Gasteiger partial charge in [-0.3, -0.25) is 14.6 Å². The van der Waals surface area contributed by atoms with Crippen LogP contribution in [0.15, 0.2) is 54.1 Å². The molecule has 0 unspecified atom stereocenters. The Kier molecular flexibility index (Phi) is 11.1. The number of hydrazine groups is 1. The van der Waals surface area contributed by atoms with E-state index >= 15 is 8.78 Å². The van der Waals surface area contributed by atoms with E-state index in [2.05, 4.69) is 15.3 Å². The summed E-state index contributed by atoms with van der Waals surface area (Å²) in [5.41, 5.74) is -6.93. The summed E-state index contributed by atoms with van der Waals surface area (Å²) in [5, 5.41) is 15.8. The molecule has 1 saturated carbocycles. The Bertz CT molecular complexity index is 1860. The van der Waals surface area contributed by atoms with Crippen molar-refractivity contribution in [2.75, 3.05) is 32.7 Å². The SMILES string of the molecule is COCCCCCOc1ccc(CN2C(=O)C(C(=O)Nc3ccc(C(F)(F)F)cc3-c3cc(C(F)(F)F)ncn3)=C(O)C3(CCC3)N2C)c(F)c1F. The van der Waals surface area contributed by atoms with Crippen molar-refractivity contribution in [2.45, 2.75) is 63.0 Å². The number of likely N-dealkylation sites (N-methyl/N-ethyl adjacent to an activating group) is 1. The number of carbonyl (C=O) groups excluding carboxylic acids is 2. The smallest absolute Gasteiger partial charge is 0.433 e. The summed E-state index contributed by atoms with van der Waals surface area (Å²) in [6.45, 7) is 0.0529. The number of halogens is 8. The van der Waals surface area contributed by atoms with E-state index in [-0.39, 0.29) is 30.8 Å². The van der Waals surface area contributed by atoms with E-state index in [0.717, 1.165) is 23.9 Å². The molecule has 1 spiro atoms. The Labute approximate surface area is 292 Å². The number of anilines is 1. The molecule has 2 amide bonds. The summed E-state index contributed by atoms with van der Waals surface area (Å²) in [5.74, 6) is -6.12. The molecule has 2 N–H and O–H groups in total. The number of rotatable bonds is 12. The molecule has 1 aromatic heterocycles. The van der Waals surface area contributed by atoms with Crippen molar-refractivity contribution in [3.05, 3.63) is 82.5 Å². The van der Waals surface area contributed by atoms with Gasteiger partial charge >= 0.3 is 12.4 Å². The Balaban J connectivity index is 1.45. The minimum Gasteiger partial charge on any atom is -0.509 e. The zero-order chi connectivity index (χ0) is 38.0. The van der Waals surface area contributed by atoms with E-state index in [1.54, 1.807) is 7.11 Å². The Morgan fingerprint density at radius 2 is 1.67 bits per heavy atom. The third-order valence-electron chi connectivity index (χ3n) is 9.04. The van der Waals surface area contributed by atoms with Gasteiger partial charge in [0.15, 0.2) is 11.6 Å². The van der Waals surface area contributed by atoms with Crippen LogP contribution in [-0.4, -0.2) is 69.8 Å². The molecule has 1 fully saturated rings. The molecule has 52 heavy (non-hydrogen) atoms. The second-order valence-corrected chi connectivity index (χ2v) is 12.2. The van der Waals surface area contributed by atoms with Crippen LogP contribution in [0.2, 0.25) is 0 Å². The summed E-state index contributed by atoms with van der Waals surface area (Å²) < 4.78 is 122. The van der Waals surface area contributed by atoms with Crippen LogP contribution in [0.4, 0.5) is 40.8 Å². The maximum atomic E-state index is 15.4. The van der Waals surface area contributed by atoms with Gasteiger partial charge in [-0.2, -0.15) is 30.7 Å². The average Bonchev–Trinajstić information content (AvgIpc) is 3.06. The number of methoxy groups -OCH3 is 1. The molecule has 0 atom stereocenters.